The van der Waals surface area contributed by atoms with Crippen LogP contribution in [0.15, 0.2) is 17.8 Å². The molecule has 0 spiro atoms. The highest BCUT2D eigenvalue weighted by Gasteiger charge is 2.12. The lowest BCUT2D eigenvalue weighted by Crippen LogP contribution is -2.39. The maximum Gasteiger partial charge on any atom is 0.193 e. The predicted octanol–water partition coefficient (Wildman–Crippen LogP) is 1.48. The molecule has 5 heteroatoms. The molecule has 0 aromatic carbocycles. The number of imidazole rings is 1. The number of thiazole rings is 1. The van der Waals surface area contributed by atoms with Crippen LogP contribution in [-0.2, 0) is 6.42 Å². The predicted molar refractivity (Wildman–Crippen MR) is 72.8 cm³/mol. The Labute approximate surface area is 106 Å². The van der Waals surface area contributed by atoms with Gasteiger partial charge in [-0.3, -0.25) is 4.40 Å². The van der Waals surface area contributed by atoms with E-state index >= 15 is 0 Å². The van der Waals surface area contributed by atoms with Crippen LogP contribution in [0.4, 0.5) is 0 Å². The first-order valence-electron chi connectivity index (χ1n) is 5.98. The van der Waals surface area contributed by atoms with E-state index in [4.69, 9.17) is 0 Å². The van der Waals surface area contributed by atoms with Gasteiger partial charge in [-0.2, -0.15) is 0 Å². The molecule has 1 N–H and O–H groups in total. The van der Waals surface area contributed by atoms with Gasteiger partial charge in [0.15, 0.2) is 4.96 Å². The molecule has 0 saturated carbocycles. The molecular weight excluding hydrogens is 232 g/mol. The molecule has 0 aliphatic rings. The summed E-state index contributed by atoms with van der Waals surface area (Å²) in [5.41, 5.74) is 1.17. The lowest BCUT2D eigenvalue weighted by Gasteiger charge is -2.20. The molecule has 2 heterocycles. The fraction of sp³-hybridized carbons (Fsp3) is 0.583. The molecule has 4 nitrogen and oxygen atoms in total. The van der Waals surface area contributed by atoms with Crippen molar-refractivity contribution in [1.29, 1.82) is 0 Å². The van der Waals surface area contributed by atoms with E-state index in [1.165, 1.54) is 5.69 Å². The summed E-state index contributed by atoms with van der Waals surface area (Å²) < 4.78 is 2.10. The molecule has 0 amide bonds. The summed E-state index contributed by atoms with van der Waals surface area (Å²) in [6, 6.07) is 0.472. The minimum Gasteiger partial charge on any atom is -0.313 e. The Balaban J connectivity index is 2.03. The first kappa shape index (κ1) is 12.5. The molecule has 17 heavy (non-hydrogen) atoms. The number of aromatic nitrogens is 2. The minimum absolute atomic E-state index is 0.472. The zero-order valence-corrected chi connectivity index (χ0v) is 11.5. The van der Waals surface area contributed by atoms with Crippen molar-refractivity contribution in [1.82, 2.24) is 19.6 Å². The number of hydrogen-bond donors (Lipinski definition) is 1. The van der Waals surface area contributed by atoms with Crippen LogP contribution in [-0.4, -0.2) is 47.5 Å². The summed E-state index contributed by atoms with van der Waals surface area (Å²) in [5.74, 6) is 0. The Morgan fingerprint density at radius 3 is 3.00 bits per heavy atom. The van der Waals surface area contributed by atoms with Crippen LogP contribution in [0.1, 0.15) is 12.6 Å². The summed E-state index contributed by atoms with van der Waals surface area (Å²) in [6.07, 6.45) is 5.18. The third-order valence-corrected chi connectivity index (χ3v) is 3.45. The first-order chi connectivity index (χ1) is 8.19. The third-order valence-electron chi connectivity index (χ3n) is 2.68. The minimum atomic E-state index is 0.472. The molecule has 0 aliphatic heterocycles. The molecule has 1 atom stereocenters. The first-order valence-corrected chi connectivity index (χ1v) is 6.86. The Morgan fingerprint density at radius 1 is 1.53 bits per heavy atom. The maximum atomic E-state index is 4.63. The van der Waals surface area contributed by atoms with Gasteiger partial charge in [-0.1, -0.05) is 6.92 Å². The van der Waals surface area contributed by atoms with Crippen molar-refractivity contribution in [3.05, 3.63) is 23.5 Å². The molecule has 1 unspecified atom stereocenters. The molecule has 0 bridgehead atoms. The maximum absolute atomic E-state index is 4.63. The number of hydrogen-bond acceptors (Lipinski definition) is 4. The fourth-order valence-electron chi connectivity index (χ4n) is 2.06. The van der Waals surface area contributed by atoms with Gasteiger partial charge in [0.1, 0.15) is 0 Å². The summed E-state index contributed by atoms with van der Waals surface area (Å²) >= 11 is 1.68. The lowest BCUT2D eigenvalue weighted by atomic mass is 10.1. The zero-order chi connectivity index (χ0) is 12.3. The number of fused-ring (bicyclic) bond motifs is 1. The van der Waals surface area contributed by atoms with Crippen LogP contribution in [0.2, 0.25) is 0 Å². The molecule has 2 aromatic heterocycles. The van der Waals surface area contributed by atoms with E-state index in [0.717, 1.165) is 24.5 Å². The smallest absolute Gasteiger partial charge is 0.193 e. The van der Waals surface area contributed by atoms with Gasteiger partial charge in [-0.25, -0.2) is 4.98 Å². The Hall–Kier alpha value is -0.910. The highest BCUT2D eigenvalue weighted by Crippen LogP contribution is 2.12. The molecule has 0 aliphatic carbocycles. The summed E-state index contributed by atoms with van der Waals surface area (Å²) in [4.78, 5) is 7.92. The Bertz CT molecular complexity index is 431. The molecular formula is C12H20N4S. The van der Waals surface area contributed by atoms with E-state index in [1.807, 2.05) is 0 Å². The number of rotatable bonds is 6. The molecule has 94 valence electrons. The molecule has 0 fully saturated rings. The van der Waals surface area contributed by atoms with Crippen LogP contribution in [0.25, 0.3) is 4.96 Å². The van der Waals surface area contributed by atoms with Gasteiger partial charge in [0.2, 0.25) is 0 Å². The quantitative estimate of drug-likeness (QED) is 0.845. The van der Waals surface area contributed by atoms with Crippen LogP contribution in [0, 0.1) is 0 Å². The second-order valence-electron chi connectivity index (χ2n) is 4.55. The SMILES string of the molecule is CCNC(Cc1cn2ccsc2n1)CN(C)C. The van der Waals surface area contributed by atoms with Gasteiger partial charge in [0, 0.05) is 36.8 Å². The second kappa shape index (κ2) is 5.62. The van der Waals surface area contributed by atoms with E-state index < -0.39 is 0 Å². The number of nitrogens with one attached hydrogen (secondary N) is 1. The normalized spacial score (nSPS) is 13.6. The van der Waals surface area contributed by atoms with Crippen LogP contribution in [0.5, 0.6) is 0 Å². The van der Waals surface area contributed by atoms with E-state index in [9.17, 15) is 0 Å². The van der Waals surface area contributed by atoms with Crippen molar-refractivity contribution in [2.75, 3.05) is 27.2 Å². The van der Waals surface area contributed by atoms with Gasteiger partial charge in [-0.05, 0) is 20.6 Å². The van der Waals surface area contributed by atoms with Crippen molar-refractivity contribution in [2.24, 2.45) is 0 Å². The number of likely N-dealkylation sites (N-methyl/N-ethyl adjacent to an activating group) is 2. The largest absolute Gasteiger partial charge is 0.313 e. The second-order valence-corrected chi connectivity index (χ2v) is 5.42. The van der Waals surface area contributed by atoms with Crippen molar-refractivity contribution in [3.63, 3.8) is 0 Å². The van der Waals surface area contributed by atoms with Gasteiger partial charge in [-0.15, -0.1) is 11.3 Å². The molecule has 2 aromatic rings. The van der Waals surface area contributed by atoms with E-state index in [1.54, 1.807) is 11.3 Å². The fourth-order valence-corrected chi connectivity index (χ4v) is 2.78. The van der Waals surface area contributed by atoms with E-state index in [2.05, 4.69) is 58.4 Å². The van der Waals surface area contributed by atoms with Gasteiger partial charge < -0.3 is 10.2 Å². The monoisotopic (exact) mass is 252 g/mol. The Morgan fingerprint density at radius 2 is 2.35 bits per heavy atom. The third kappa shape index (κ3) is 3.28. The van der Waals surface area contributed by atoms with Gasteiger partial charge >= 0.3 is 0 Å². The Kier molecular flexibility index (Phi) is 4.15. The van der Waals surface area contributed by atoms with E-state index in [0.29, 0.717) is 6.04 Å². The standard InChI is InChI=1S/C12H20N4S/c1-4-13-10(8-15(2)3)7-11-9-16-5-6-17-12(16)14-11/h5-6,9-10,13H,4,7-8H2,1-3H3. The van der Waals surface area contributed by atoms with Gasteiger partial charge in [0.05, 0.1) is 5.69 Å². The van der Waals surface area contributed by atoms with Crippen molar-refractivity contribution in [3.8, 4) is 0 Å². The topological polar surface area (TPSA) is 32.6 Å². The molecule has 0 radical (unpaired) electrons. The summed E-state index contributed by atoms with van der Waals surface area (Å²) in [7, 11) is 4.21. The average Bonchev–Trinajstić information content (AvgIpc) is 2.76. The summed E-state index contributed by atoms with van der Waals surface area (Å²) in [5, 5.41) is 5.57. The highest BCUT2D eigenvalue weighted by molar-refractivity contribution is 7.15. The summed E-state index contributed by atoms with van der Waals surface area (Å²) in [6.45, 7) is 4.19. The van der Waals surface area contributed by atoms with Crippen LogP contribution in [0.3, 0.4) is 0 Å². The average molecular weight is 252 g/mol. The van der Waals surface area contributed by atoms with E-state index in [-0.39, 0.29) is 0 Å². The van der Waals surface area contributed by atoms with Crippen LogP contribution >= 0.6 is 11.3 Å². The van der Waals surface area contributed by atoms with Crippen molar-refractivity contribution in [2.45, 2.75) is 19.4 Å². The highest BCUT2D eigenvalue weighted by atomic mass is 32.1. The van der Waals surface area contributed by atoms with Crippen molar-refractivity contribution >= 4 is 16.3 Å². The lowest BCUT2D eigenvalue weighted by molar-refractivity contribution is 0.338. The number of nitrogens with zero attached hydrogens (tertiary/aromatic N) is 3. The van der Waals surface area contributed by atoms with Crippen LogP contribution < -0.4 is 5.32 Å². The zero-order valence-electron chi connectivity index (χ0n) is 10.7. The molecule has 2 rings (SSSR count). The van der Waals surface area contributed by atoms with Gasteiger partial charge in [0.25, 0.3) is 0 Å². The van der Waals surface area contributed by atoms with Crippen molar-refractivity contribution < 1.29 is 0 Å². The molecule has 0 saturated heterocycles.